The highest BCUT2D eigenvalue weighted by Crippen LogP contribution is 2.33. The molecule has 2 aromatic carbocycles. The van der Waals surface area contributed by atoms with Crippen molar-refractivity contribution in [2.75, 3.05) is 12.1 Å². The number of aryl methyl sites for hydroxylation is 2. The molecule has 1 aromatic heterocycles. The largest absolute Gasteiger partial charge is 0.467 e. The van der Waals surface area contributed by atoms with Gasteiger partial charge in [-0.3, -0.25) is 0 Å². The van der Waals surface area contributed by atoms with Gasteiger partial charge in [0.05, 0.1) is 12.7 Å². The van der Waals surface area contributed by atoms with Crippen molar-refractivity contribution in [1.29, 1.82) is 5.26 Å². The van der Waals surface area contributed by atoms with Crippen LogP contribution in [0.4, 0.5) is 5.69 Å². The molecule has 142 valence electrons. The number of nitrogens with one attached hydrogen (secondary N) is 1. The number of fused-ring (bicyclic) bond motifs is 1. The van der Waals surface area contributed by atoms with Gasteiger partial charge in [0, 0.05) is 23.7 Å². The van der Waals surface area contributed by atoms with Crippen molar-refractivity contribution in [2.24, 2.45) is 0 Å². The van der Waals surface area contributed by atoms with Gasteiger partial charge < -0.3 is 19.3 Å². The fourth-order valence-electron chi connectivity index (χ4n) is 3.24. The lowest BCUT2D eigenvalue weighted by Gasteiger charge is -2.23. The maximum atomic E-state index is 9.74. The van der Waals surface area contributed by atoms with Crippen molar-refractivity contribution in [3.05, 3.63) is 59.0 Å². The van der Waals surface area contributed by atoms with Crippen molar-refractivity contribution >= 4 is 5.69 Å². The monoisotopic (exact) mass is 376 g/mol. The minimum Gasteiger partial charge on any atom is -0.467 e. The molecule has 1 N–H and O–H groups in total. The Labute approximate surface area is 162 Å². The lowest BCUT2D eigenvalue weighted by Crippen LogP contribution is -2.15. The van der Waals surface area contributed by atoms with Crippen molar-refractivity contribution < 1.29 is 14.0 Å². The van der Waals surface area contributed by atoms with Crippen LogP contribution in [0.1, 0.15) is 35.5 Å². The molecule has 0 bridgehead atoms. The fraction of sp³-hybridized carbons (Fsp3) is 0.286. The molecule has 4 rings (SSSR count). The number of nitrogens with zero attached hydrogens (tertiary/aromatic N) is 3. The number of nitriles is 1. The van der Waals surface area contributed by atoms with Crippen LogP contribution in [0.2, 0.25) is 0 Å². The van der Waals surface area contributed by atoms with Crippen molar-refractivity contribution in [1.82, 2.24) is 10.1 Å². The molecule has 1 atom stereocenters. The molecule has 0 saturated heterocycles. The first-order valence-electron chi connectivity index (χ1n) is 9.11. The Balaban J connectivity index is 1.57. The van der Waals surface area contributed by atoms with Crippen LogP contribution < -0.4 is 10.1 Å². The van der Waals surface area contributed by atoms with Gasteiger partial charge in [-0.05, 0) is 53.9 Å². The molecular weight excluding hydrogens is 356 g/mol. The highest BCUT2D eigenvalue weighted by molar-refractivity contribution is 5.60. The standard InChI is InChI=1S/C21H20N4O3/c1-3-14-8-16(9-17-11-26-12-27-20(14)17)19(10-22)24-18-6-4-15(5-7-18)21-23-13(2)28-25-21/h4-9,19,24H,3,11-12H2,1-2H3. The van der Waals surface area contributed by atoms with E-state index < -0.39 is 6.04 Å². The number of hydrogen-bond acceptors (Lipinski definition) is 7. The number of hydrogen-bond donors (Lipinski definition) is 1. The molecule has 0 saturated carbocycles. The van der Waals surface area contributed by atoms with E-state index in [2.05, 4.69) is 28.5 Å². The van der Waals surface area contributed by atoms with Crippen molar-refractivity contribution in [3.8, 4) is 23.2 Å². The first kappa shape index (κ1) is 18.0. The van der Waals surface area contributed by atoms with E-state index in [1.807, 2.05) is 36.4 Å². The molecule has 1 unspecified atom stereocenters. The van der Waals surface area contributed by atoms with Crippen LogP contribution >= 0.6 is 0 Å². The Morgan fingerprint density at radius 1 is 1.25 bits per heavy atom. The molecule has 28 heavy (non-hydrogen) atoms. The molecule has 0 radical (unpaired) electrons. The average Bonchev–Trinajstić information content (AvgIpc) is 3.18. The molecule has 0 aliphatic carbocycles. The van der Waals surface area contributed by atoms with Gasteiger partial charge in [0.25, 0.3) is 0 Å². The van der Waals surface area contributed by atoms with E-state index in [9.17, 15) is 5.26 Å². The third-order valence-electron chi connectivity index (χ3n) is 4.63. The summed E-state index contributed by atoms with van der Waals surface area (Å²) < 4.78 is 16.1. The smallest absolute Gasteiger partial charge is 0.223 e. The second-order valence-corrected chi connectivity index (χ2v) is 6.55. The zero-order valence-corrected chi connectivity index (χ0v) is 15.7. The normalized spacial score (nSPS) is 13.9. The second-order valence-electron chi connectivity index (χ2n) is 6.55. The molecule has 0 fully saturated rings. The van der Waals surface area contributed by atoms with E-state index in [-0.39, 0.29) is 6.79 Å². The maximum absolute atomic E-state index is 9.74. The van der Waals surface area contributed by atoms with E-state index >= 15 is 0 Å². The quantitative estimate of drug-likeness (QED) is 0.715. The van der Waals surface area contributed by atoms with Gasteiger partial charge in [0.15, 0.2) is 6.79 Å². The maximum Gasteiger partial charge on any atom is 0.223 e. The lowest BCUT2D eigenvalue weighted by molar-refractivity contribution is -0.0170. The highest BCUT2D eigenvalue weighted by Gasteiger charge is 2.20. The molecule has 7 heteroatoms. The zero-order chi connectivity index (χ0) is 19.5. The molecule has 1 aliphatic heterocycles. The van der Waals surface area contributed by atoms with E-state index in [1.54, 1.807) is 6.92 Å². The topological polar surface area (TPSA) is 93.2 Å². The number of aromatic nitrogens is 2. The van der Waals surface area contributed by atoms with E-state index in [0.29, 0.717) is 18.3 Å². The van der Waals surface area contributed by atoms with Crippen LogP contribution in [0.3, 0.4) is 0 Å². The summed E-state index contributed by atoms with van der Waals surface area (Å²) in [6.07, 6.45) is 0.827. The van der Waals surface area contributed by atoms with Crippen LogP contribution in [0.25, 0.3) is 11.4 Å². The van der Waals surface area contributed by atoms with Crippen LogP contribution in [0, 0.1) is 18.3 Å². The highest BCUT2D eigenvalue weighted by atomic mass is 16.7. The summed E-state index contributed by atoms with van der Waals surface area (Å²) in [4.78, 5) is 4.22. The number of benzene rings is 2. The van der Waals surface area contributed by atoms with Crippen molar-refractivity contribution in [3.63, 3.8) is 0 Å². The Kier molecular flexibility index (Phi) is 4.96. The summed E-state index contributed by atoms with van der Waals surface area (Å²) >= 11 is 0. The van der Waals surface area contributed by atoms with E-state index in [1.165, 1.54) is 0 Å². The summed E-state index contributed by atoms with van der Waals surface area (Å²) in [6, 6.07) is 13.4. The third-order valence-corrected chi connectivity index (χ3v) is 4.63. The SMILES string of the molecule is CCc1cc(C(C#N)Nc2ccc(-c3noc(C)n3)cc2)cc2c1OCOC2. The van der Waals surface area contributed by atoms with E-state index in [4.69, 9.17) is 14.0 Å². The minimum atomic E-state index is -0.490. The second kappa shape index (κ2) is 7.71. The fourth-order valence-corrected chi connectivity index (χ4v) is 3.24. The Bertz CT molecular complexity index is 1000. The minimum absolute atomic E-state index is 0.269. The molecule has 7 nitrogen and oxygen atoms in total. The van der Waals surface area contributed by atoms with Gasteiger partial charge in [0.2, 0.25) is 11.7 Å². The number of rotatable bonds is 5. The molecule has 0 amide bonds. The summed E-state index contributed by atoms with van der Waals surface area (Å²) in [5.74, 6) is 1.95. The third kappa shape index (κ3) is 3.55. The summed E-state index contributed by atoms with van der Waals surface area (Å²) in [7, 11) is 0. The molecule has 1 aliphatic rings. The van der Waals surface area contributed by atoms with Crippen LogP contribution in [-0.2, 0) is 17.8 Å². The molecule has 2 heterocycles. The van der Waals surface area contributed by atoms with Gasteiger partial charge in [-0.2, -0.15) is 10.2 Å². The lowest BCUT2D eigenvalue weighted by atomic mass is 9.98. The van der Waals surface area contributed by atoms with E-state index in [0.717, 1.165) is 40.1 Å². The molecule has 3 aromatic rings. The average molecular weight is 376 g/mol. The summed E-state index contributed by atoms with van der Waals surface area (Å²) in [5.41, 5.74) is 4.64. The van der Waals surface area contributed by atoms with Gasteiger partial charge >= 0.3 is 0 Å². The van der Waals surface area contributed by atoms with Crippen LogP contribution in [0.5, 0.6) is 5.75 Å². The predicted octanol–water partition coefficient (Wildman–Crippen LogP) is 4.15. The van der Waals surface area contributed by atoms with Crippen LogP contribution in [-0.4, -0.2) is 16.9 Å². The Hall–Kier alpha value is -3.37. The first-order valence-corrected chi connectivity index (χ1v) is 9.11. The summed E-state index contributed by atoms with van der Waals surface area (Å²) in [6.45, 7) is 4.59. The molecule has 0 spiro atoms. The number of anilines is 1. The number of ether oxygens (including phenoxy) is 2. The Morgan fingerprint density at radius 3 is 2.75 bits per heavy atom. The van der Waals surface area contributed by atoms with Gasteiger partial charge in [-0.15, -0.1) is 0 Å². The Morgan fingerprint density at radius 2 is 2.07 bits per heavy atom. The van der Waals surface area contributed by atoms with Gasteiger partial charge in [-0.25, -0.2) is 0 Å². The summed E-state index contributed by atoms with van der Waals surface area (Å²) in [5, 5.41) is 16.9. The van der Waals surface area contributed by atoms with Crippen molar-refractivity contribution in [2.45, 2.75) is 32.9 Å². The van der Waals surface area contributed by atoms with Crippen LogP contribution in [0.15, 0.2) is 40.9 Å². The van der Waals surface area contributed by atoms with Gasteiger partial charge in [-0.1, -0.05) is 12.1 Å². The van der Waals surface area contributed by atoms with Gasteiger partial charge in [0.1, 0.15) is 11.8 Å². The first-order chi connectivity index (χ1) is 13.7. The predicted molar refractivity (Wildman–Crippen MR) is 103 cm³/mol. The zero-order valence-electron chi connectivity index (χ0n) is 15.7. The molecular formula is C21H20N4O3.